The third-order valence-corrected chi connectivity index (χ3v) is 3.60. The summed E-state index contributed by atoms with van der Waals surface area (Å²) < 4.78 is 18.3. The first-order valence-corrected chi connectivity index (χ1v) is 6.52. The highest BCUT2D eigenvalue weighted by atomic mass is 32.1. The summed E-state index contributed by atoms with van der Waals surface area (Å²) in [7, 11) is 1.29. The minimum absolute atomic E-state index is 0.0881. The molecule has 1 aromatic heterocycles. The fourth-order valence-corrected chi connectivity index (χ4v) is 2.25. The van der Waals surface area contributed by atoms with Crippen LogP contribution in [0.2, 0.25) is 0 Å². The number of aromatic nitrogens is 1. The molecule has 0 saturated carbocycles. The van der Waals surface area contributed by atoms with E-state index in [1.807, 2.05) is 6.92 Å². The monoisotopic (exact) mass is 280 g/mol. The van der Waals surface area contributed by atoms with Gasteiger partial charge in [0.1, 0.15) is 5.82 Å². The Hall–Kier alpha value is -1.95. The second-order valence-corrected chi connectivity index (χ2v) is 4.87. The number of hydrogen-bond donors (Lipinski definition) is 1. The summed E-state index contributed by atoms with van der Waals surface area (Å²) in [5, 5.41) is 3.02. The first-order valence-electron chi connectivity index (χ1n) is 5.64. The number of rotatable bonds is 4. The first kappa shape index (κ1) is 13.5. The molecule has 0 saturated heterocycles. The molecule has 19 heavy (non-hydrogen) atoms. The van der Waals surface area contributed by atoms with Gasteiger partial charge in [-0.2, -0.15) is 0 Å². The number of hydrogen-bond acceptors (Lipinski definition) is 5. The van der Waals surface area contributed by atoms with Crippen LogP contribution in [0.5, 0.6) is 0 Å². The minimum Gasteiger partial charge on any atom is -0.465 e. The summed E-state index contributed by atoms with van der Waals surface area (Å²) in [6.07, 6.45) is 1.73. The van der Waals surface area contributed by atoms with E-state index in [1.54, 1.807) is 11.7 Å². The fourth-order valence-electron chi connectivity index (χ4n) is 1.62. The number of nitrogens with zero attached hydrogens (tertiary/aromatic N) is 1. The number of halogens is 1. The van der Waals surface area contributed by atoms with Gasteiger partial charge in [-0.25, -0.2) is 9.18 Å². The van der Waals surface area contributed by atoms with Gasteiger partial charge in [0.05, 0.1) is 29.9 Å². The number of carbonyl (C=O) groups excluding carboxylic acids is 1. The molecule has 1 aromatic carbocycles. The highest BCUT2D eigenvalue weighted by Crippen LogP contribution is 2.24. The van der Waals surface area contributed by atoms with E-state index in [1.165, 1.54) is 36.6 Å². The lowest BCUT2D eigenvalue weighted by Gasteiger charge is -2.14. The average molecular weight is 280 g/mol. The molecule has 0 aliphatic heterocycles. The summed E-state index contributed by atoms with van der Waals surface area (Å²) in [6.45, 7) is 1.90. The molecule has 1 unspecified atom stereocenters. The molecule has 2 aromatic rings. The molecule has 1 atom stereocenters. The molecule has 0 aliphatic carbocycles. The highest BCUT2D eigenvalue weighted by Gasteiger charge is 2.13. The van der Waals surface area contributed by atoms with Gasteiger partial charge in [-0.1, -0.05) is 0 Å². The maximum absolute atomic E-state index is 13.7. The highest BCUT2D eigenvalue weighted by molar-refractivity contribution is 7.09. The molecule has 2 rings (SSSR count). The predicted octanol–water partition coefficient (Wildman–Crippen LogP) is 3.24. The lowest BCUT2D eigenvalue weighted by atomic mass is 10.1. The topological polar surface area (TPSA) is 51.2 Å². The Morgan fingerprint density at radius 2 is 2.32 bits per heavy atom. The van der Waals surface area contributed by atoms with Crippen molar-refractivity contribution in [2.45, 2.75) is 13.0 Å². The molecular weight excluding hydrogens is 267 g/mol. The van der Waals surface area contributed by atoms with E-state index in [4.69, 9.17) is 0 Å². The van der Waals surface area contributed by atoms with Gasteiger partial charge in [-0.05, 0) is 25.1 Å². The fraction of sp³-hybridized carbons (Fsp3) is 0.231. The van der Waals surface area contributed by atoms with Crippen LogP contribution in [0.1, 0.15) is 28.2 Å². The Balaban J connectivity index is 2.22. The summed E-state index contributed by atoms with van der Waals surface area (Å²) >= 11 is 1.48. The number of nitrogens with one attached hydrogen (secondary N) is 1. The van der Waals surface area contributed by atoms with E-state index < -0.39 is 11.8 Å². The normalized spacial score (nSPS) is 11.9. The van der Waals surface area contributed by atoms with Crippen molar-refractivity contribution in [3.63, 3.8) is 0 Å². The molecule has 6 heteroatoms. The number of benzene rings is 1. The van der Waals surface area contributed by atoms with Crippen LogP contribution in [-0.4, -0.2) is 18.1 Å². The summed E-state index contributed by atoms with van der Waals surface area (Å²) in [5.41, 5.74) is 2.29. The summed E-state index contributed by atoms with van der Waals surface area (Å²) in [5.74, 6) is -0.905. The smallest absolute Gasteiger partial charge is 0.337 e. The number of anilines is 1. The second-order valence-electron chi connectivity index (χ2n) is 3.96. The van der Waals surface area contributed by atoms with Crippen molar-refractivity contribution >= 4 is 23.0 Å². The van der Waals surface area contributed by atoms with Gasteiger partial charge >= 0.3 is 5.97 Å². The number of thiazole rings is 1. The third-order valence-electron chi connectivity index (χ3n) is 2.64. The molecule has 1 heterocycles. The quantitative estimate of drug-likeness (QED) is 0.873. The SMILES string of the molecule is COC(=O)c1ccc(F)c(NC(C)c2cncs2)c1. The average Bonchev–Trinajstić information content (AvgIpc) is 2.94. The van der Waals surface area contributed by atoms with Crippen LogP contribution in [0.25, 0.3) is 0 Å². The van der Waals surface area contributed by atoms with E-state index in [9.17, 15) is 9.18 Å². The second kappa shape index (κ2) is 5.79. The summed E-state index contributed by atoms with van der Waals surface area (Å²) in [6, 6.07) is 3.99. The van der Waals surface area contributed by atoms with Crippen LogP contribution in [0, 0.1) is 5.82 Å². The van der Waals surface area contributed by atoms with Gasteiger partial charge in [-0.15, -0.1) is 11.3 Å². The predicted molar refractivity (Wildman–Crippen MR) is 71.9 cm³/mol. The Labute approximate surface area is 114 Å². The molecule has 100 valence electrons. The largest absolute Gasteiger partial charge is 0.465 e. The molecule has 1 N–H and O–H groups in total. The summed E-state index contributed by atoms with van der Waals surface area (Å²) in [4.78, 5) is 16.4. The number of methoxy groups -OCH3 is 1. The van der Waals surface area contributed by atoms with Crippen LogP contribution in [0.3, 0.4) is 0 Å². The van der Waals surface area contributed by atoms with Gasteiger partial charge in [0, 0.05) is 11.1 Å². The zero-order valence-corrected chi connectivity index (χ0v) is 11.3. The van der Waals surface area contributed by atoms with E-state index >= 15 is 0 Å². The van der Waals surface area contributed by atoms with Crippen LogP contribution in [0.4, 0.5) is 10.1 Å². The third kappa shape index (κ3) is 3.08. The van der Waals surface area contributed by atoms with Crippen molar-refractivity contribution < 1.29 is 13.9 Å². The van der Waals surface area contributed by atoms with Crippen molar-refractivity contribution in [3.8, 4) is 0 Å². The number of ether oxygens (including phenoxy) is 1. The van der Waals surface area contributed by atoms with E-state index in [2.05, 4.69) is 15.0 Å². The molecule has 0 radical (unpaired) electrons. The van der Waals surface area contributed by atoms with Gasteiger partial charge in [0.25, 0.3) is 0 Å². The Kier molecular flexibility index (Phi) is 4.11. The molecule has 0 spiro atoms. The maximum Gasteiger partial charge on any atom is 0.337 e. The Bertz CT molecular complexity index is 572. The lowest BCUT2D eigenvalue weighted by molar-refractivity contribution is 0.0600. The minimum atomic E-state index is -0.492. The van der Waals surface area contributed by atoms with E-state index in [0.717, 1.165) is 4.88 Å². The standard InChI is InChI=1S/C13H13FN2O2S/c1-8(12-6-15-7-19-12)16-11-5-9(13(17)18-2)3-4-10(11)14/h3-8,16H,1-2H3. The van der Waals surface area contributed by atoms with E-state index in [0.29, 0.717) is 5.56 Å². The van der Waals surface area contributed by atoms with Crippen molar-refractivity contribution in [3.05, 3.63) is 46.2 Å². The van der Waals surface area contributed by atoms with Crippen LogP contribution in [-0.2, 0) is 4.74 Å². The maximum atomic E-state index is 13.7. The van der Waals surface area contributed by atoms with Crippen molar-refractivity contribution in [2.24, 2.45) is 0 Å². The molecule has 0 bridgehead atoms. The van der Waals surface area contributed by atoms with Crippen molar-refractivity contribution in [1.82, 2.24) is 4.98 Å². The molecular formula is C13H13FN2O2S. The van der Waals surface area contributed by atoms with Crippen LogP contribution in [0.15, 0.2) is 29.9 Å². The zero-order valence-electron chi connectivity index (χ0n) is 10.5. The van der Waals surface area contributed by atoms with Gasteiger partial charge < -0.3 is 10.1 Å². The van der Waals surface area contributed by atoms with Crippen LogP contribution < -0.4 is 5.32 Å². The Morgan fingerprint density at radius 1 is 1.53 bits per heavy atom. The van der Waals surface area contributed by atoms with Gasteiger partial charge in [0.15, 0.2) is 0 Å². The zero-order chi connectivity index (χ0) is 13.8. The molecule has 0 aliphatic rings. The number of carbonyl (C=O) groups is 1. The van der Waals surface area contributed by atoms with Gasteiger partial charge in [-0.3, -0.25) is 4.98 Å². The Morgan fingerprint density at radius 3 is 2.95 bits per heavy atom. The molecule has 0 fully saturated rings. The molecule has 4 nitrogen and oxygen atoms in total. The molecule has 0 amide bonds. The van der Waals surface area contributed by atoms with Crippen LogP contribution >= 0.6 is 11.3 Å². The van der Waals surface area contributed by atoms with Crippen molar-refractivity contribution in [2.75, 3.05) is 12.4 Å². The van der Waals surface area contributed by atoms with Gasteiger partial charge in [0.2, 0.25) is 0 Å². The van der Waals surface area contributed by atoms with E-state index in [-0.39, 0.29) is 11.7 Å². The lowest BCUT2D eigenvalue weighted by Crippen LogP contribution is -2.08. The number of esters is 1. The first-order chi connectivity index (χ1) is 9.11. The van der Waals surface area contributed by atoms with Crippen molar-refractivity contribution in [1.29, 1.82) is 0 Å².